The van der Waals surface area contributed by atoms with E-state index in [0.29, 0.717) is 25.5 Å². The molecule has 0 aromatic heterocycles. The van der Waals surface area contributed by atoms with Gasteiger partial charge in [0.15, 0.2) is 0 Å². The van der Waals surface area contributed by atoms with E-state index < -0.39 is 33.9 Å². The van der Waals surface area contributed by atoms with Crippen LogP contribution in [0.1, 0.15) is 26.7 Å². The minimum atomic E-state index is -3.93. The number of amides is 2. The minimum absolute atomic E-state index is 0.0674. The van der Waals surface area contributed by atoms with E-state index in [9.17, 15) is 22.4 Å². The van der Waals surface area contributed by atoms with Crippen molar-refractivity contribution in [3.63, 3.8) is 0 Å². The van der Waals surface area contributed by atoms with Gasteiger partial charge in [0.05, 0.1) is 18.0 Å². The summed E-state index contributed by atoms with van der Waals surface area (Å²) >= 11 is 0. The van der Waals surface area contributed by atoms with Crippen LogP contribution in [0.5, 0.6) is 0 Å². The van der Waals surface area contributed by atoms with Crippen LogP contribution in [0.2, 0.25) is 0 Å². The Balaban J connectivity index is 1.98. The molecule has 0 radical (unpaired) electrons. The van der Waals surface area contributed by atoms with Crippen LogP contribution in [0.25, 0.3) is 0 Å². The van der Waals surface area contributed by atoms with E-state index >= 15 is 0 Å². The Kier molecular flexibility index (Phi) is 7.90. The fourth-order valence-electron chi connectivity index (χ4n) is 2.66. The maximum Gasteiger partial charge on any atom is 0.309 e. The van der Waals surface area contributed by atoms with Crippen molar-refractivity contribution < 1.29 is 27.1 Å². The standard InChI is InChI=1S/C18H26FN3O5S/c1-13(2)8-9-20-17(23)18(24)21-12-16-22(10-3-11-27-16)28(25,26)15-6-4-14(19)5-7-15/h4-7,13,16H,3,8-12H2,1-2H3,(H,20,23)(H,21,24)/t16-/m1/s1. The van der Waals surface area contributed by atoms with Crippen LogP contribution in [0.15, 0.2) is 29.2 Å². The van der Waals surface area contributed by atoms with Crippen molar-refractivity contribution in [2.45, 2.75) is 37.8 Å². The Hall–Kier alpha value is -2.04. The molecule has 1 saturated heterocycles. The van der Waals surface area contributed by atoms with Crippen molar-refractivity contribution in [1.82, 2.24) is 14.9 Å². The number of ether oxygens (including phenoxy) is 1. The molecule has 1 atom stereocenters. The van der Waals surface area contributed by atoms with E-state index in [1.165, 1.54) is 12.1 Å². The van der Waals surface area contributed by atoms with Gasteiger partial charge in [-0.15, -0.1) is 0 Å². The molecule has 1 aliphatic rings. The number of nitrogens with zero attached hydrogens (tertiary/aromatic N) is 1. The van der Waals surface area contributed by atoms with Gasteiger partial charge in [-0.3, -0.25) is 9.59 Å². The highest BCUT2D eigenvalue weighted by Crippen LogP contribution is 2.22. The summed E-state index contributed by atoms with van der Waals surface area (Å²) in [5.74, 6) is -1.77. The molecular weight excluding hydrogens is 389 g/mol. The van der Waals surface area contributed by atoms with E-state index in [2.05, 4.69) is 10.6 Å². The highest BCUT2D eigenvalue weighted by molar-refractivity contribution is 7.89. The third kappa shape index (κ3) is 5.98. The Labute approximate surface area is 164 Å². The normalized spacial score (nSPS) is 18.1. The first-order valence-corrected chi connectivity index (χ1v) is 10.6. The predicted octanol–water partition coefficient (Wildman–Crippen LogP) is 0.841. The lowest BCUT2D eigenvalue weighted by molar-refractivity contribution is -0.140. The van der Waals surface area contributed by atoms with Crippen LogP contribution in [0.4, 0.5) is 4.39 Å². The number of halogens is 1. The van der Waals surface area contributed by atoms with Crippen molar-refractivity contribution >= 4 is 21.8 Å². The molecule has 2 amide bonds. The number of sulfonamides is 1. The number of rotatable bonds is 7. The molecule has 0 aliphatic carbocycles. The highest BCUT2D eigenvalue weighted by atomic mass is 32.2. The summed E-state index contributed by atoms with van der Waals surface area (Å²) < 4.78 is 45.3. The highest BCUT2D eigenvalue weighted by Gasteiger charge is 2.34. The number of hydrogen-bond acceptors (Lipinski definition) is 5. The SMILES string of the molecule is CC(C)CCNC(=O)C(=O)NC[C@H]1OCCCN1S(=O)(=O)c1ccc(F)cc1. The second kappa shape index (κ2) is 9.94. The van der Waals surface area contributed by atoms with Crippen LogP contribution < -0.4 is 10.6 Å². The van der Waals surface area contributed by atoms with E-state index in [-0.39, 0.29) is 18.0 Å². The maximum atomic E-state index is 13.1. The molecule has 8 nitrogen and oxygen atoms in total. The molecule has 10 heteroatoms. The molecule has 1 heterocycles. The second-order valence-electron chi connectivity index (χ2n) is 6.90. The molecule has 28 heavy (non-hydrogen) atoms. The molecule has 2 N–H and O–H groups in total. The first kappa shape index (κ1) is 22.3. The summed E-state index contributed by atoms with van der Waals surface area (Å²) in [7, 11) is -3.93. The summed E-state index contributed by atoms with van der Waals surface area (Å²) in [5.41, 5.74) is 0. The summed E-state index contributed by atoms with van der Waals surface area (Å²) in [6.07, 6.45) is 0.283. The monoisotopic (exact) mass is 415 g/mol. The van der Waals surface area contributed by atoms with Gasteiger partial charge in [-0.1, -0.05) is 13.8 Å². The predicted molar refractivity (Wildman–Crippen MR) is 100 cm³/mol. The third-order valence-electron chi connectivity index (χ3n) is 4.23. The first-order valence-electron chi connectivity index (χ1n) is 9.17. The first-order chi connectivity index (χ1) is 13.2. The van der Waals surface area contributed by atoms with Gasteiger partial charge in [0.1, 0.15) is 12.0 Å². The largest absolute Gasteiger partial charge is 0.360 e. The minimum Gasteiger partial charge on any atom is -0.360 e. The Morgan fingerprint density at radius 1 is 1.21 bits per heavy atom. The number of nitrogens with one attached hydrogen (secondary N) is 2. The summed E-state index contributed by atoms with van der Waals surface area (Å²) in [6, 6.07) is 4.49. The van der Waals surface area contributed by atoms with Crippen molar-refractivity contribution in [3.8, 4) is 0 Å². The molecular formula is C18H26FN3O5S. The van der Waals surface area contributed by atoms with Crippen molar-refractivity contribution in [1.29, 1.82) is 0 Å². The topological polar surface area (TPSA) is 105 Å². The Morgan fingerprint density at radius 3 is 2.50 bits per heavy atom. The smallest absolute Gasteiger partial charge is 0.309 e. The second-order valence-corrected chi connectivity index (χ2v) is 8.79. The van der Waals surface area contributed by atoms with Gasteiger partial charge in [-0.2, -0.15) is 4.31 Å². The quantitative estimate of drug-likeness (QED) is 0.642. The average Bonchev–Trinajstić information content (AvgIpc) is 2.66. The van der Waals surface area contributed by atoms with Crippen molar-refractivity contribution in [2.24, 2.45) is 5.92 Å². The summed E-state index contributed by atoms with van der Waals surface area (Å²) in [6.45, 7) is 4.74. The van der Waals surface area contributed by atoms with Crippen molar-refractivity contribution in [2.75, 3.05) is 26.2 Å². The average molecular weight is 415 g/mol. The van der Waals surface area contributed by atoms with E-state index in [1.807, 2.05) is 13.8 Å². The van der Waals surface area contributed by atoms with Gasteiger partial charge < -0.3 is 15.4 Å². The number of hydrogen-bond donors (Lipinski definition) is 2. The number of carbonyl (C=O) groups is 2. The maximum absolute atomic E-state index is 13.1. The van der Waals surface area contributed by atoms with Crippen LogP contribution in [-0.4, -0.2) is 57.0 Å². The van der Waals surface area contributed by atoms with Crippen molar-refractivity contribution in [3.05, 3.63) is 30.1 Å². The zero-order valence-corrected chi connectivity index (χ0v) is 16.8. The number of carbonyl (C=O) groups excluding carboxylic acids is 2. The van der Waals surface area contributed by atoms with E-state index in [4.69, 9.17) is 4.74 Å². The molecule has 0 saturated carbocycles. The fraction of sp³-hybridized carbons (Fsp3) is 0.556. The van der Waals surface area contributed by atoms with Gasteiger partial charge in [0, 0.05) is 13.1 Å². The van der Waals surface area contributed by atoms with E-state index in [1.54, 1.807) is 0 Å². The lowest BCUT2D eigenvalue weighted by atomic mass is 10.1. The number of benzene rings is 1. The Bertz CT molecular complexity index is 783. The van der Waals surface area contributed by atoms with Gasteiger partial charge in [-0.25, -0.2) is 12.8 Å². The zero-order chi connectivity index (χ0) is 20.7. The zero-order valence-electron chi connectivity index (χ0n) is 16.0. The summed E-state index contributed by atoms with van der Waals surface area (Å²) in [4.78, 5) is 23.7. The van der Waals surface area contributed by atoms with E-state index in [0.717, 1.165) is 22.9 Å². The molecule has 1 fully saturated rings. The third-order valence-corrected chi connectivity index (χ3v) is 6.13. The molecule has 1 aromatic carbocycles. The Morgan fingerprint density at radius 2 is 1.86 bits per heavy atom. The van der Waals surface area contributed by atoms with Crippen LogP contribution in [0, 0.1) is 11.7 Å². The fourth-order valence-corrected chi connectivity index (χ4v) is 4.22. The molecule has 0 bridgehead atoms. The molecule has 156 valence electrons. The lowest BCUT2D eigenvalue weighted by Gasteiger charge is -2.34. The van der Waals surface area contributed by atoms with Gasteiger partial charge in [-0.05, 0) is 43.0 Å². The van der Waals surface area contributed by atoms with Gasteiger partial charge in [0.25, 0.3) is 0 Å². The summed E-state index contributed by atoms with van der Waals surface area (Å²) in [5, 5.41) is 4.93. The molecule has 0 spiro atoms. The van der Waals surface area contributed by atoms with Crippen LogP contribution >= 0.6 is 0 Å². The molecule has 0 unspecified atom stereocenters. The lowest BCUT2D eigenvalue weighted by Crippen LogP contribution is -2.53. The molecule has 1 aromatic rings. The van der Waals surface area contributed by atoms with Gasteiger partial charge >= 0.3 is 11.8 Å². The van der Waals surface area contributed by atoms with Crippen LogP contribution in [-0.2, 0) is 24.3 Å². The molecule has 2 rings (SSSR count). The van der Waals surface area contributed by atoms with Gasteiger partial charge in [0.2, 0.25) is 10.0 Å². The molecule has 1 aliphatic heterocycles. The van der Waals surface area contributed by atoms with Crippen LogP contribution in [0.3, 0.4) is 0 Å².